The molecule has 1 aromatic heterocycles. The molecule has 0 saturated heterocycles. The molecule has 0 unspecified atom stereocenters. The second kappa shape index (κ2) is 6.79. The molecular weight excluding hydrogens is 330 g/mol. The van der Waals surface area contributed by atoms with Gasteiger partial charge in [0.2, 0.25) is 6.79 Å². The molecule has 0 bridgehead atoms. The maximum absolute atomic E-state index is 5.40. The molecule has 0 aliphatic carbocycles. The van der Waals surface area contributed by atoms with Gasteiger partial charge in [-0.05, 0) is 30.3 Å². The van der Waals surface area contributed by atoms with Crippen molar-refractivity contribution in [3.05, 3.63) is 54.9 Å². The molecular formula is C19H19N5O2. The van der Waals surface area contributed by atoms with E-state index in [4.69, 9.17) is 9.47 Å². The van der Waals surface area contributed by atoms with E-state index in [0.29, 0.717) is 11.6 Å². The molecule has 0 atom stereocenters. The molecule has 7 nitrogen and oxygen atoms in total. The average molecular weight is 349 g/mol. The summed E-state index contributed by atoms with van der Waals surface area (Å²) >= 11 is 0. The lowest BCUT2D eigenvalue weighted by Gasteiger charge is -2.14. The maximum atomic E-state index is 5.40. The first kappa shape index (κ1) is 16.0. The fourth-order valence-corrected chi connectivity index (χ4v) is 2.63. The molecule has 2 aromatic carbocycles. The number of hydrogen-bond acceptors (Lipinski definition) is 7. The van der Waals surface area contributed by atoms with Gasteiger partial charge in [-0.1, -0.05) is 6.07 Å². The van der Waals surface area contributed by atoms with Gasteiger partial charge in [0.25, 0.3) is 0 Å². The van der Waals surface area contributed by atoms with Crippen LogP contribution in [0.1, 0.15) is 0 Å². The third kappa shape index (κ3) is 3.46. The average Bonchev–Trinajstić information content (AvgIpc) is 3.10. The summed E-state index contributed by atoms with van der Waals surface area (Å²) in [6.07, 6.45) is 1.52. The Kier molecular flexibility index (Phi) is 4.18. The Bertz CT molecular complexity index is 929. The van der Waals surface area contributed by atoms with Crippen LogP contribution in [0.25, 0.3) is 0 Å². The summed E-state index contributed by atoms with van der Waals surface area (Å²) in [5, 5.41) is 6.56. The monoisotopic (exact) mass is 349 g/mol. The van der Waals surface area contributed by atoms with Gasteiger partial charge in [0.1, 0.15) is 18.0 Å². The first-order valence-electron chi connectivity index (χ1n) is 8.20. The lowest BCUT2D eigenvalue weighted by atomic mass is 10.2. The van der Waals surface area contributed by atoms with Gasteiger partial charge >= 0.3 is 0 Å². The second-order valence-electron chi connectivity index (χ2n) is 6.05. The third-order valence-corrected chi connectivity index (χ3v) is 3.95. The molecule has 1 aliphatic heterocycles. The van der Waals surface area contributed by atoms with Crippen molar-refractivity contribution in [1.29, 1.82) is 0 Å². The zero-order valence-corrected chi connectivity index (χ0v) is 14.6. The van der Waals surface area contributed by atoms with Crippen LogP contribution in [-0.2, 0) is 0 Å². The molecule has 1 aliphatic rings. The molecule has 4 rings (SSSR count). The van der Waals surface area contributed by atoms with Gasteiger partial charge in [-0.15, -0.1) is 0 Å². The van der Waals surface area contributed by atoms with Crippen molar-refractivity contribution < 1.29 is 9.47 Å². The van der Waals surface area contributed by atoms with Crippen LogP contribution in [0.2, 0.25) is 0 Å². The van der Waals surface area contributed by atoms with Crippen molar-refractivity contribution >= 4 is 28.7 Å². The Morgan fingerprint density at radius 3 is 2.35 bits per heavy atom. The third-order valence-electron chi connectivity index (χ3n) is 3.95. The first-order valence-corrected chi connectivity index (χ1v) is 8.20. The first-order chi connectivity index (χ1) is 12.7. The van der Waals surface area contributed by atoms with Gasteiger partial charge in [0, 0.05) is 43.3 Å². The van der Waals surface area contributed by atoms with E-state index < -0.39 is 0 Å². The predicted molar refractivity (Wildman–Crippen MR) is 102 cm³/mol. The van der Waals surface area contributed by atoms with E-state index in [9.17, 15) is 0 Å². The number of hydrogen-bond donors (Lipinski definition) is 2. The number of aromatic nitrogens is 2. The number of rotatable bonds is 5. The molecule has 0 amide bonds. The lowest BCUT2D eigenvalue weighted by molar-refractivity contribution is 0.174. The van der Waals surface area contributed by atoms with Crippen LogP contribution >= 0.6 is 0 Å². The number of benzene rings is 2. The quantitative estimate of drug-likeness (QED) is 0.727. The normalized spacial score (nSPS) is 11.9. The fraction of sp³-hybridized carbons (Fsp3) is 0.158. The molecule has 0 spiro atoms. The van der Waals surface area contributed by atoms with Crippen LogP contribution in [0.3, 0.4) is 0 Å². The highest BCUT2D eigenvalue weighted by Crippen LogP contribution is 2.35. The molecule has 0 radical (unpaired) electrons. The highest BCUT2D eigenvalue weighted by molar-refractivity contribution is 5.67. The minimum Gasteiger partial charge on any atom is -0.454 e. The van der Waals surface area contributed by atoms with Gasteiger partial charge in [0.15, 0.2) is 11.5 Å². The van der Waals surface area contributed by atoms with Gasteiger partial charge in [0.05, 0.1) is 0 Å². The summed E-state index contributed by atoms with van der Waals surface area (Å²) in [6.45, 7) is 0.256. The van der Waals surface area contributed by atoms with Crippen molar-refractivity contribution in [2.45, 2.75) is 0 Å². The summed E-state index contributed by atoms with van der Waals surface area (Å²) < 4.78 is 10.7. The van der Waals surface area contributed by atoms with Crippen LogP contribution < -0.4 is 25.0 Å². The van der Waals surface area contributed by atoms with Crippen LogP contribution in [0, 0.1) is 0 Å². The minimum atomic E-state index is 0.256. The van der Waals surface area contributed by atoms with E-state index in [-0.39, 0.29) is 6.79 Å². The molecule has 0 saturated carbocycles. The van der Waals surface area contributed by atoms with E-state index in [2.05, 4.69) is 37.6 Å². The minimum absolute atomic E-state index is 0.256. The molecule has 2 heterocycles. The molecule has 2 N–H and O–H groups in total. The zero-order valence-electron chi connectivity index (χ0n) is 14.6. The van der Waals surface area contributed by atoms with Crippen LogP contribution in [0.5, 0.6) is 11.5 Å². The summed E-state index contributed by atoms with van der Waals surface area (Å²) in [6, 6.07) is 15.7. The second-order valence-corrected chi connectivity index (χ2v) is 6.05. The number of anilines is 5. The largest absolute Gasteiger partial charge is 0.454 e. The number of fused-ring (bicyclic) bond motifs is 1. The van der Waals surface area contributed by atoms with Gasteiger partial charge in [-0.2, -0.15) is 0 Å². The van der Waals surface area contributed by atoms with Gasteiger partial charge < -0.3 is 25.0 Å². The Labute approximate surface area is 151 Å². The molecule has 3 aromatic rings. The van der Waals surface area contributed by atoms with Crippen molar-refractivity contribution in [3.63, 3.8) is 0 Å². The van der Waals surface area contributed by atoms with Crippen molar-refractivity contribution in [2.75, 3.05) is 36.4 Å². The number of nitrogens with zero attached hydrogens (tertiary/aromatic N) is 3. The van der Waals surface area contributed by atoms with Gasteiger partial charge in [-0.25, -0.2) is 9.97 Å². The summed E-state index contributed by atoms with van der Waals surface area (Å²) in [5.74, 6) is 2.87. The molecule has 132 valence electrons. The van der Waals surface area contributed by atoms with Crippen molar-refractivity contribution in [1.82, 2.24) is 9.97 Å². The number of nitrogens with one attached hydrogen (secondary N) is 2. The number of ether oxygens (including phenoxy) is 2. The molecule has 7 heteroatoms. The maximum Gasteiger partial charge on any atom is 0.231 e. The summed E-state index contributed by atoms with van der Waals surface area (Å²) in [7, 11) is 4.02. The molecule has 0 fully saturated rings. The van der Waals surface area contributed by atoms with E-state index in [1.165, 1.54) is 6.33 Å². The van der Waals surface area contributed by atoms with Crippen LogP contribution in [0.4, 0.5) is 28.7 Å². The molecule has 26 heavy (non-hydrogen) atoms. The Balaban J connectivity index is 1.51. The smallest absolute Gasteiger partial charge is 0.231 e. The predicted octanol–water partition coefficient (Wildman–Crippen LogP) is 3.76. The zero-order chi connectivity index (χ0) is 17.9. The highest BCUT2D eigenvalue weighted by atomic mass is 16.7. The SMILES string of the molecule is CN(C)c1cccc(Nc2cc(Nc3ccc4c(c3)OCO4)ncn2)c1. The van der Waals surface area contributed by atoms with Crippen molar-refractivity contribution in [2.24, 2.45) is 0 Å². The summed E-state index contributed by atoms with van der Waals surface area (Å²) in [4.78, 5) is 10.6. The van der Waals surface area contributed by atoms with Crippen LogP contribution in [-0.4, -0.2) is 30.9 Å². The van der Waals surface area contributed by atoms with E-state index >= 15 is 0 Å². The Morgan fingerprint density at radius 1 is 0.846 bits per heavy atom. The summed E-state index contributed by atoms with van der Waals surface area (Å²) in [5.41, 5.74) is 2.94. The van der Waals surface area contributed by atoms with Crippen LogP contribution in [0.15, 0.2) is 54.9 Å². The lowest BCUT2D eigenvalue weighted by Crippen LogP contribution is -2.08. The van der Waals surface area contributed by atoms with Gasteiger partial charge in [-0.3, -0.25) is 0 Å². The van der Waals surface area contributed by atoms with E-state index in [1.54, 1.807) is 0 Å². The topological polar surface area (TPSA) is 71.5 Å². The highest BCUT2D eigenvalue weighted by Gasteiger charge is 2.13. The fourth-order valence-electron chi connectivity index (χ4n) is 2.63. The standard InChI is InChI=1S/C19H19N5O2/c1-24(2)15-5-3-4-13(8-15)22-18-10-19(21-11-20-18)23-14-6-7-16-17(9-14)26-12-25-16/h3-11H,12H2,1-2H3,(H2,20,21,22,23). The van der Waals surface area contributed by atoms with E-state index in [1.807, 2.05) is 50.5 Å². The van der Waals surface area contributed by atoms with E-state index in [0.717, 1.165) is 28.6 Å². The van der Waals surface area contributed by atoms with Crippen molar-refractivity contribution in [3.8, 4) is 11.5 Å². The Hall–Kier alpha value is -3.48. The Morgan fingerprint density at radius 2 is 1.58 bits per heavy atom.